The van der Waals surface area contributed by atoms with Gasteiger partial charge in [0.2, 0.25) is 0 Å². The van der Waals surface area contributed by atoms with Gasteiger partial charge in [-0.25, -0.2) is 9.37 Å². The zero-order valence-corrected chi connectivity index (χ0v) is 16.8. The first kappa shape index (κ1) is 18.6. The minimum atomic E-state index is -0.233. The molecule has 28 heavy (non-hydrogen) atoms. The molecule has 2 heterocycles. The van der Waals surface area contributed by atoms with Crippen molar-refractivity contribution in [1.29, 1.82) is 0 Å². The molecule has 0 bridgehead atoms. The summed E-state index contributed by atoms with van der Waals surface area (Å²) >= 11 is 1.65. The molecule has 1 aliphatic rings. The molecule has 4 rings (SSSR count). The van der Waals surface area contributed by atoms with Gasteiger partial charge in [-0.1, -0.05) is 12.1 Å². The fourth-order valence-electron chi connectivity index (χ4n) is 3.38. The van der Waals surface area contributed by atoms with Crippen LogP contribution in [0.1, 0.15) is 20.9 Å². The van der Waals surface area contributed by atoms with Gasteiger partial charge < -0.3 is 9.80 Å². The minimum absolute atomic E-state index is 0.0469. The van der Waals surface area contributed by atoms with E-state index in [1.807, 2.05) is 36.1 Å². The maximum Gasteiger partial charge on any atom is 0.253 e. The first-order chi connectivity index (χ1) is 13.5. The molecule has 0 atom stereocenters. The Balaban J connectivity index is 1.45. The SMILES string of the molecule is Cc1nc(-c2cccc(C(=O)N3CCN(c4ccc(F)cc4)CC3)c2)sc1C. The third-order valence-electron chi connectivity index (χ3n) is 5.14. The van der Waals surface area contributed by atoms with Crippen molar-refractivity contribution >= 4 is 22.9 Å². The smallest absolute Gasteiger partial charge is 0.253 e. The Bertz CT molecular complexity index is 972. The molecule has 2 aromatic carbocycles. The van der Waals surface area contributed by atoms with Gasteiger partial charge >= 0.3 is 0 Å². The van der Waals surface area contributed by atoms with Crippen molar-refractivity contribution in [2.75, 3.05) is 31.1 Å². The van der Waals surface area contributed by atoms with E-state index in [9.17, 15) is 9.18 Å². The summed E-state index contributed by atoms with van der Waals surface area (Å²) in [7, 11) is 0. The first-order valence-corrected chi connectivity index (χ1v) is 10.2. The molecule has 1 fully saturated rings. The zero-order chi connectivity index (χ0) is 19.7. The van der Waals surface area contributed by atoms with E-state index < -0.39 is 0 Å². The highest BCUT2D eigenvalue weighted by atomic mass is 32.1. The molecular formula is C22H22FN3OS. The number of rotatable bonds is 3. The van der Waals surface area contributed by atoms with E-state index in [0.29, 0.717) is 18.7 Å². The number of carbonyl (C=O) groups excluding carboxylic acids is 1. The topological polar surface area (TPSA) is 36.4 Å². The van der Waals surface area contributed by atoms with Crippen molar-refractivity contribution in [3.63, 3.8) is 0 Å². The van der Waals surface area contributed by atoms with Gasteiger partial charge in [-0.2, -0.15) is 0 Å². The minimum Gasteiger partial charge on any atom is -0.368 e. The molecule has 0 spiro atoms. The number of amides is 1. The molecule has 6 heteroatoms. The molecular weight excluding hydrogens is 373 g/mol. The zero-order valence-electron chi connectivity index (χ0n) is 16.0. The fraction of sp³-hybridized carbons (Fsp3) is 0.273. The average Bonchev–Trinajstić information content (AvgIpc) is 3.07. The molecule has 3 aromatic rings. The predicted octanol–water partition coefficient (Wildman–Crippen LogP) is 4.53. The van der Waals surface area contributed by atoms with E-state index in [4.69, 9.17) is 0 Å². The highest BCUT2D eigenvalue weighted by molar-refractivity contribution is 7.15. The van der Waals surface area contributed by atoms with Crippen LogP contribution in [-0.4, -0.2) is 42.0 Å². The summed E-state index contributed by atoms with van der Waals surface area (Å²) in [6, 6.07) is 14.2. The number of piperazine rings is 1. The number of hydrogen-bond donors (Lipinski definition) is 0. The van der Waals surface area contributed by atoms with Gasteiger partial charge in [-0.05, 0) is 50.2 Å². The van der Waals surface area contributed by atoms with Crippen LogP contribution in [0.3, 0.4) is 0 Å². The average molecular weight is 396 g/mol. The Morgan fingerprint density at radius 3 is 2.39 bits per heavy atom. The number of aromatic nitrogens is 1. The van der Waals surface area contributed by atoms with Crippen LogP contribution in [0.2, 0.25) is 0 Å². The van der Waals surface area contributed by atoms with Crippen LogP contribution in [0.5, 0.6) is 0 Å². The van der Waals surface area contributed by atoms with E-state index in [-0.39, 0.29) is 11.7 Å². The van der Waals surface area contributed by atoms with Gasteiger partial charge in [0, 0.05) is 47.9 Å². The second kappa shape index (κ2) is 7.72. The Labute approximate surface area is 168 Å². The number of halogens is 1. The third kappa shape index (κ3) is 3.78. The van der Waals surface area contributed by atoms with E-state index >= 15 is 0 Å². The molecule has 1 amide bonds. The highest BCUT2D eigenvalue weighted by Gasteiger charge is 2.23. The normalized spacial score (nSPS) is 14.4. The maximum absolute atomic E-state index is 13.1. The number of hydrogen-bond acceptors (Lipinski definition) is 4. The predicted molar refractivity (Wildman–Crippen MR) is 112 cm³/mol. The van der Waals surface area contributed by atoms with Gasteiger partial charge in [0.05, 0.1) is 5.69 Å². The summed E-state index contributed by atoms with van der Waals surface area (Å²) in [5.41, 5.74) is 3.70. The van der Waals surface area contributed by atoms with Crippen LogP contribution in [0.15, 0.2) is 48.5 Å². The molecule has 1 aromatic heterocycles. The van der Waals surface area contributed by atoms with Crippen molar-refractivity contribution in [1.82, 2.24) is 9.88 Å². The van der Waals surface area contributed by atoms with Gasteiger partial charge in [-0.3, -0.25) is 4.79 Å². The van der Waals surface area contributed by atoms with Crippen LogP contribution in [0.25, 0.3) is 10.6 Å². The van der Waals surface area contributed by atoms with Crippen LogP contribution in [-0.2, 0) is 0 Å². The van der Waals surface area contributed by atoms with Crippen molar-refractivity contribution in [3.8, 4) is 10.6 Å². The number of nitrogens with zero attached hydrogens (tertiary/aromatic N) is 3. The van der Waals surface area contributed by atoms with Crippen molar-refractivity contribution < 1.29 is 9.18 Å². The summed E-state index contributed by atoms with van der Waals surface area (Å²) in [5, 5.41) is 0.950. The number of carbonyl (C=O) groups is 1. The number of benzene rings is 2. The lowest BCUT2D eigenvalue weighted by Crippen LogP contribution is -2.48. The lowest BCUT2D eigenvalue weighted by molar-refractivity contribution is 0.0747. The molecule has 0 aliphatic carbocycles. The summed E-state index contributed by atoms with van der Waals surface area (Å²) in [4.78, 5) is 22.9. The fourth-order valence-corrected chi connectivity index (χ4v) is 4.29. The second-order valence-electron chi connectivity index (χ2n) is 7.00. The van der Waals surface area contributed by atoms with E-state index in [1.54, 1.807) is 23.5 Å². The standard InChI is InChI=1S/C22H22FN3OS/c1-15-16(2)28-21(24-15)17-4-3-5-18(14-17)22(27)26-12-10-25(11-13-26)20-8-6-19(23)7-9-20/h3-9,14H,10-13H2,1-2H3. The highest BCUT2D eigenvalue weighted by Crippen LogP contribution is 2.28. The van der Waals surface area contributed by atoms with Crippen molar-refractivity contribution in [2.24, 2.45) is 0 Å². The van der Waals surface area contributed by atoms with Gasteiger partial charge in [0.25, 0.3) is 5.91 Å². The molecule has 0 radical (unpaired) electrons. The van der Waals surface area contributed by atoms with E-state index in [2.05, 4.69) is 16.8 Å². The largest absolute Gasteiger partial charge is 0.368 e. The Morgan fingerprint density at radius 1 is 1.04 bits per heavy atom. The monoisotopic (exact) mass is 395 g/mol. The molecule has 1 aliphatic heterocycles. The summed E-state index contributed by atoms with van der Waals surface area (Å²) in [6.07, 6.45) is 0. The number of aryl methyl sites for hydroxylation is 2. The van der Waals surface area contributed by atoms with Gasteiger partial charge in [-0.15, -0.1) is 11.3 Å². The van der Waals surface area contributed by atoms with Gasteiger partial charge in [0.1, 0.15) is 10.8 Å². The van der Waals surface area contributed by atoms with Crippen LogP contribution in [0, 0.1) is 19.7 Å². The Kier molecular flexibility index (Phi) is 5.13. The van der Waals surface area contributed by atoms with Crippen LogP contribution < -0.4 is 4.90 Å². The van der Waals surface area contributed by atoms with Crippen molar-refractivity contribution in [3.05, 3.63) is 70.5 Å². The number of anilines is 1. The number of thiazole rings is 1. The Morgan fingerprint density at radius 2 is 1.75 bits per heavy atom. The maximum atomic E-state index is 13.1. The van der Waals surface area contributed by atoms with Crippen LogP contribution >= 0.6 is 11.3 Å². The molecule has 4 nitrogen and oxygen atoms in total. The summed E-state index contributed by atoms with van der Waals surface area (Å²) in [6.45, 7) is 6.84. The first-order valence-electron chi connectivity index (χ1n) is 9.35. The molecule has 0 saturated carbocycles. The quantitative estimate of drug-likeness (QED) is 0.654. The summed E-state index contributed by atoms with van der Waals surface area (Å²) in [5.74, 6) is -0.186. The molecule has 144 valence electrons. The summed E-state index contributed by atoms with van der Waals surface area (Å²) < 4.78 is 13.1. The lowest BCUT2D eigenvalue weighted by atomic mass is 10.1. The molecule has 0 N–H and O–H groups in total. The lowest BCUT2D eigenvalue weighted by Gasteiger charge is -2.36. The van der Waals surface area contributed by atoms with Crippen molar-refractivity contribution in [2.45, 2.75) is 13.8 Å². The van der Waals surface area contributed by atoms with Gasteiger partial charge in [0.15, 0.2) is 0 Å². The Hall–Kier alpha value is -2.73. The van der Waals surface area contributed by atoms with Crippen LogP contribution in [0.4, 0.5) is 10.1 Å². The second-order valence-corrected chi connectivity index (χ2v) is 8.20. The van der Waals surface area contributed by atoms with E-state index in [0.717, 1.165) is 35.0 Å². The van der Waals surface area contributed by atoms with E-state index in [1.165, 1.54) is 17.0 Å². The molecule has 1 saturated heterocycles. The third-order valence-corrected chi connectivity index (χ3v) is 6.27. The molecule has 0 unspecified atom stereocenters.